The molecule has 0 aromatic heterocycles. The summed E-state index contributed by atoms with van der Waals surface area (Å²) in [4.78, 5) is 23.8. The molecule has 1 N–H and O–H groups in total. The number of Topliss-reactive ketones (excluding diaryl/α,β-unsaturated/α-hetero) is 1. The smallest absolute Gasteiger partial charge is 0.228 e. The zero-order valence-corrected chi connectivity index (χ0v) is 12.3. The first kappa shape index (κ1) is 14.1. The van der Waals surface area contributed by atoms with Crippen LogP contribution in [0.1, 0.15) is 43.0 Å². The highest BCUT2D eigenvalue weighted by molar-refractivity contribution is 5.98. The molecule has 1 aromatic carbocycles. The molecule has 0 saturated heterocycles. The van der Waals surface area contributed by atoms with Gasteiger partial charge in [-0.2, -0.15) is 0 Å². The first-order valence-electron chi connectivity index (χ1n) is 7.75. The summed E-state index contributed by atoms with van der Waals surface area (Å²) >= 11 is 0. The van der Waals surface area contributed by atoms with E-state index in [1.165, 1.54) is 19.8 Å². The highest BCUT2D eigenvalue weighted by Gasteiger charge is 2.52. The van der Waals surface area contributed by atoms with Crippen LogP contribution < -0.4 is 5.32 Å². The maximum atomic E-state index is 12.4. The number of amides is 1. The summed E-state index contributed by atoms with van der Waals surface area (Å²) in [5.74, 6) is 1.15. The van der Waals surface area contributed by atoms with Gasteiger partial charge in [0.05, 0.1) is 0 Å². The summed E-state index contributed by atoms with van der Waals surface area (Å²) in [6.45, 7) is 1.54. The third-order valence-corrected chi connectivity index (χ3v) is 4.59. The Morgan fingerprint density at radius 3 is 2.90 bits per heavy atom. The first-order chi connectivity index (χ1) is 10.2. The lowest BCUT2D eigenvalue weighted by Crippen LogP contribution is -2.15. The van der Waals surface area contributed by atoms with E-state index in [4.69, 9.17) is 0 Å². The Morgan fingerprint density at radius 1 is 1.24 bits per heavy atom. The highest BCUT2D eigenvalue weighted by atomic mass is 16.2. The second-order valence-corrected chi connectivity index (χ2v) is 6.11. The third kappa shape index (κ3) is 3.07. The minimum atomic E-state index is 0.0158. The van der Waals surface area contributed by atoms with Gasteiger partial charge in [0.15, 0.2) is 5.78 Å². The minimum Gasteiger partial charge on any atom is -0.326 e. The molecule has 2 aliphatic carbocycles. The van der Waals surface area contributed by atoms with Gasteiger partial charge in [-0.15, -0.1) is 0 Å². The molecule has 1 amide bonds. The number of hydrogen-bond acceptors (Lipinski definition) is 2. The lowest BCUT2D eigenvalue weighted by molar-refractivity contribution is -0.117. The molecule has 1 aromatic rings. The number of anilines is 1. The van der Waals surface area contributed by atoms with Crippen LogP contribution in [-0.2, 0) is 4.79 Å². The van der Waals surface area contributed by atoms with E-state index in [1.54, 1.807) is 12.1 Å². The van der Waals surface area contributed by atoms with Crippen LogP contribution in [0.25, 0.3) is 0 Å². The fourth-order valence-corrected chi connectivity index (χ4v) is 3.34. The van der Waals surface area contributed by atoms with Gasteiger partial charge >= 0.3 is 0 Å². The van der Waals surface area contributed by atoms with Gasteiger partial charge in [-0.05, 0) is 50.2 Å². The molecule has 1 fully saturated rings. The Balaban J connectivity index is 1.67. The van der Waals surface area contributed by atoms with Crippen molar-refractivity contribution in [2.24, 2.45) is 17.8 Å². The Hall–Kier alpha value is -1.90. The molecule has 0 unspecified atom stereocenters. The van der Waals surface area contributed by atoms with E-state index >= 15 is 0 Å². The Kier molecular flexibility index (Phi) is 3.91. The predicted molar refractivity (Wildman–Crippen MR) is 83.2 cm³/mol. The molecule has 3 rings (SSSR count). The predicted octanol–water partition coefficient (Wildman–Crippen LogP) is 3.82. The quantitative estimate of drug-likeness (QED) is 0.677. The molecular weight excluding hydrogens is 262 g/mol. The van der Waals surface area contributed by atoms with Gasteiger partial charge < -0.3 is 5.32 Å². The minimum absolute atomic E-state index is 0.0158. The van der Waals surface area contributed by atoms with Gasteiger partial charge in [-0.1, -0.05) is 30.7 Å². The van der Waals surface area contributed by atoms with Crippen LogP contribution in [0.2, 0.25) is 0 Å². The molecule has 2 aliphatic rings. The molecule has 0 aliphatic heterocycles. The zero-order chi connectivity index (χ0) is 14.8. The van der Waals surface area contributed by atoms with Crippen molar-refractivity contribution >= 4 is 17.4 Å². The molecule has 3 nitrogen and oxygen atoms in total. The normalized spacial score (nSPS) is 27.2. The summed E-state index contributed by atoms with van der Waals surface area (Å²) in [7, 11) is 0. The van der Waals surface area contributed by atoms with Crippen LogP contribution in [0.4, 0.5) is 5.69 Å². The van der Waals surface area contributed by atoms with Crippen molar-refractivity contribution in [2.75, 3.05) is 5.32 Å². The maximum absolute atomic E-state index is 12.4. The molecule has 1 saturated carbocycles. The molecule has 0 radical (unpaired) electrons. The van der Waals surface area contributed by atoms with E-state index in [-0.39, 0.29) is 17.6 Å². The summed E-state index contributed by atoms with van der Waals surface area (Å²) in [6.07, 6.45) is 9.18. The monoisotopic (exact) mass is 283 g/mol. The van der Waals surface area contributed by atoms with E-state index in [1.807, 2.05) is 12.1 Å². The highest BCUT2D eigenvalue weighted by Crippen LogP contribution is 2.51. The lowest BCUT2D eigenvalue weighted by atomic mass is 10.1. The third-order valence-electron chi connectivity index (χ3n) is 4.59. The fourth-order valence-electron chi connectivity index (χ4n) is 3.34. The number of ketones is 1. The number of hydrogen-bond donors (Lipinski definition) is 1. The fraction of sp³-hybridized carbons (Fsp3) is 0.444. The maximum Gasteiger partial charge on any atom is 0.228 e. The van der Waals surface area contributed by atoms with E-state index in [2.05, 4.69) is 17.5 Å². The second kappa shape index (κ2) is 5.84. The number of fused-ring (bicyclic) bond motifs is 1. The summed E-state index contributed by atoms with van der Waals surface area (Å²) in [5.41, 5.74) is 1.35. The SMILES string of the molecule is CC(=O)c1cccc(NC(=O)[C@H]2[C@H]3C=CCCCC[C@H]32)c1. The Labute approximate surface area is 125 Å². The average molecular weight is 283 g/mol. The van der Waals surface area contributed by atoms with Crippen LogP contribution in [0.3, 0.4) is 0 Å². The first-order valence-corrected chi connectivity index (χ1v) is 7.75. The molecule has 3 atom stereocenters. The van der Waals surface area contributed by atoms with Crippen molar-refractivity contribution in [2.45, 2.75) is 32.6 Å². The van der Waals surface area contributed by atoms with Crippen molar-refractivity contribution in [3.63, 3.8) is 0 Å². The molecular formula is C18H21NO2. The topological polar surface area (TPSA) is 46.2 Å². The molecule has 0 heterocycles. The second-order valence-electron chi connectivity index (χ2n) is 6.11. The standard InChI is InChI=1S/C18H21NO2/c1-12(20)13-7-6-8-14(11-13)19-18(21)17-15-9-4-2-3-5-10-16(15)17/h4,6-9,11,15-17H,2-3,5,10H2,1H3,(H,19,21)/t15-,16+,17-/m0/s1. The van der Waals surface area contributed by atoms with Gasteiger partial charge in [0, 0.05) is 17.2 Å². The van der Waals surface area contributed by atoms with Gasteiger partial charge in [-0.3, -0.25) is 9.59 Å². The van der Waals surface area contributed by atoms with Crippen molar-refractivity contribution in [3.05, 3.63) is 42.0 Å². The van der Waals surface area contributed by atoms with E-state index in [0.29, 0.717) is 17.4 Å². The molecule has 21 heavy (non-hydrogen) atoms. The van der Waals surface area contributed by atoms with Gasteiger partial charge in [0.25, 0.3) is 0 Å². The number of nitrogens with one attached hydrogen (secondary N) is 1. The van der Waals surface area contributed by atoms with Crippen LogP contribution >= 0.6 is 0 Å². The van der Waals surface area contributed by atoms with Crippen molar-refractivity contribution in [1.29, 1.82) is 0 Å². The van der Waals surface area contributed by atoms with Crippen molar-refractivity contribution in [3.8, 4) is 0 Å². The largest absolute Gasteiger partial charge is 0.326 e. The average Bonchev–Trinajstić information content (AvgIpc) is 3.10. The Morgan fingerprint density at radius 2 is 2.10 bits per heavy atom. The molecule has 0 spiro atoms. The number of allylic oxidation sites excluding steroid dienone is 2. The van der Waals surface area contributed by atoms with Crippen molar-refractivity contribution < 1.29 is 9.59 Å². The van der Waals surface area contributed by atoms with Crippen LogP contribution in [0.15, 0.2) is 36.4 Å². The van der Waals surface area contributed by atoms with Crippen molar-refractivity contribution in [1.82, 2.24) is 0 Å². The Bertz CT molecular complexity index is 591. The van der Waals surface area contributed by atoms with Gasteiger partial charge in [0.1, 0.15) is 0 Å². The number of rotatable bonds is 3. The molecule has 3 heteroatoms. The number of carbonyl (C=O) groups is 2. The van der Waals surface area contributed by atoms with Crippen LogP contribution in [0.5, 0.6) is 0 Å². The van der Waals surface area contributed by atoms with E-state index in [0.717, 1.165) is 18.5 Å². The molecule has 110 valence electrons. The van der Waals surface area contributed by atoms with Crippen LogP contribution in [-0.4, -0.2) is 11.7 Å². The summed E-state index contributed by atoms with van der Waals surface area (Å²) in [5, 5.41) is 2.97. The van der Waals surface area contributed by atoms with E-state index in [9.17, 15) is 9.59 Å². The summed E-state index contributed by atoms with van der Waals surface area (Å²) in [6, 6.07) is 7.17. The number of carbonyl (C=O) groups excluding carboxylic acids is 2. The van der Waals surface area contributed by atoms with E-state index < -0.39 is 0 Å². The van der Waals surface area contributed by atoms with Gasteiger partial charge in [-0.25, -0.2) is 0 Å². The zero-order valence-electron chi connectivity index (χ0n) is 12.3. The number of benzene rings is 1. The summed E-state index contributed by atoms with van der Waals surface area (Å²) < 4.78 is 0. The van der Waals surface area contributed by atoms with Crippen LogP contribution in [0, 0.1) is 17.8 Å². The van der Waals surface area contributed by atoms with Gasteiger partial charge in [0.2, 0.25) is 5.91 Å². The lowest BCUT2D eigenvalue weighted by Gasteiger charge is -2.06. The molecule has 0 bridgehead atoms.